The number of benzene rings is 1. The Bertz CT molecular complexity index is 742. The topological polar surface area (TPSA) is 50.7 Å². The van der Waals surface area contributed by atoms with Gasteiger partial charge in [-0.3, -0.25) is 0 Å². The van der Waals surface area contributed by atoms with E-state index in [1.807, 2.05) is 18.2 Å². The molecule has 2 aromatic heterocycles. The number of halogens is 1. The van der Waals surface area contributed by atoms with Crippen molar-refractivity contribution >= 4 is 16.9 Å². The highest BCUT2D eigenvalue weighted by molar-refractivity contribution is 5.86. The van der Waals surface area contributed by atoms with E-state index in [0.717, 1.165) is 11.1 Å². The number of fused-ring (bicyclic) bond motifs is 1. The van der Waals surface area contributed by atoms with Crippen molar-refractivity contribution in [1.29, 1.82) is 0 Å². The van der Waals surface area contributed by atoms with E-state index in [-0.39, 0.29) is 5.82 Å². The number of anilines is 1. The summed E-state index contributed by atoms with van der Waals surface area (Å²) in [5, 5.41) is 2.97. The quantitative estimate of drug-likeness (QED) is 0.764. The number of hydrogen-bond acceptors (Lipinski definition) is 4. The Kier molecular flexibility index (Phi) is 2.79. The monoisotopic (exact) mass is 254 g/mol. The second-order valence-electron chi connectivity index (χ2n) is 4.05. The predicted molar refractivity (Wildman–Crippen MR) is 72.3 cm³/mol. The van der Waals surface area contributed by atoms with Crippen molar-refractivity contribution in [3.05, 3.63) is 48.5 Å². The molecule has 5 heteroatoms. The number of nitrogens with one attached hydrogen (secondary N) is 1. The lowest BCUT2D eigenvalue weighted by Gasteiger charge is -2.06. The van der Waals surface area contributed by atoms with Crippen molar-refractivity contribution in [2.45, 2.75) is 0 Å². The van der Waals surface area contributed by atoms with Crippen LogP contribution in [0.25, 0.3) is 22.3 Å². The fraction of sp³-hybridized carbons (Fsp3) is 0.0714. The largest absolute Gasteiger partial charge is 0.371 e. The average Bonchev–Trinajstić information content (AvgIpc) is 2.46. The first-order chi connectivity index (χ1) is 9.28. The molecule has 1 aromatic carbocycles. The number of aromatic nitrogens is 3. The predicted octanol–water partition coefficient (Wildman–Crippen LogP) is 2.87. The van der Waals surface area contributed by atoms with Crippen LogP contribution in [0, 0.1) is 5.82 Å². The van der Waals surface area contributed by atoms with Crippen molar-refractivity contribution in [3.8, 4) is 11.3 Å². The first kappa shape index (κ1) is 11.5. The van der Waals surface area contributed by atoms with Gasteiger partial charge in [-0.15, -0.1) is 0 Å². The Balaban J connectivity index is 2.21. The summed E-state index contributed by atoms with van der Waals surface area (Å²) in [7, 11) is 1.78. The maximum atomic E-state index is 13.2. The number of nitrogens with zero attached hydrogens (tertiary/aromatic N) is 3. The van der Waals surface area contributed by atoms with Gasteiger partial charge in [-0.2, -0.15) is 0 Å². The van der Waals surface area contributed by atoms with Gasteiger partial charge in [-0.25, -0.2) is 19.3 Å². The SMILES string of the molecule is CNc1ncnc2ccc(-c3cccc(F)c3)nc12. The minimum absolute atomic E-state index is 0.280. The molecular formula is C14H11FN4. The summed E-state index contributed by atoms with van der Waals surface area (Å²) in [6, 6.07) is 10.0. The Hall–Kier alpha value is -2.56. The van der Waals surface area contributed by atoms with E-state index < -0.39 is 0 Å². The summed E-state index contributed by atoms with van der Waals surface area (Å²) >= 11 is 0. The van der Waals surface area contributed by atoms with Crippen LogP contribution in [0.5, 0.6) is 0 Å². The molecule has 1 N–H and O–H groups in total. The van der Waals surface area contributed by atoms with Crippen LogP contribution in [0.2, 0.25) is 0 Å². The molecular weight excluding hydrogens is 243 g/mol. The number of pyridine rings is 1. The maximum Gasteiger partial charge on any atom is 0.155 e. The van der Waals surface area contributed by atoms with Gasteiger partial charge in [0, 0.05) is 12.6 Å². The Morgan fingerprint density at radius 2 is 2.00 bits per heavy atom. The molecule has 0 radical (unpaired) electrons. The van der Waals surface area contributed by atoms with E-state index in [4.69, 9.17) is 0 Å². The van der Waals surface area contributed by atoms with Crippen LogP contribution in [0.4, 0.5) is 10.2 Å². The normalized spacial score (nSPS) is 10.6. The van der Waals surface area contributed by atoms with Crippen LogP contribution >= 0.6 is 0 Å². The van der Waals surface area contributed by atoms with Crippen LogP contribution in [-0.2, 0) is 0 Å². The molecule has 0 amide bonds. The highest BCUT2D eigenvalue weighted by atomic mass is 19.1. The van der Waals surface area contributed by atoms with Gasteiger partial charge in [0.2, 0.25) is 0 Å². The van der Waals surface area contributed by atoms with E-state index in [1.165, 1.54) is 18.5 Å². The second-order valence-corrected chi connectivity index (χ2v) is 4.05. The molecule has 0 aliphatic heterocycles. The number of rotatable bonds is 2. The summed E-state index contributed by atoms with van der Waals surface area (Å²) in [6.45, 7) is 0. The minimum Gasteiger partial charge on any atom is -0.371 e. The highest BCUT2D eigenvalue weighted by Gasteiger charge is 2.07. The average molecular weight is 254 g/mol. The van der Waals surface area contributed by atoms with Crippen molar-refractivity contribution < 1.29 is 4.39 Å². The molecule has 0 saturated carbocycles. The molecule has 0 aliphatic carbocycles. The van der Waals surface area contributed by atoms with E-state index >= 15 is 0 Å². The Labute approximate surface area is 109 Å². The van der Waals surface area contributed by atoms with Gasteiger partial charge in [0.05, 0.1) is 11.2 Å². The molecule has 0 spiro atoms. The van der Waals surface area contributed by atoms with Gasteiger partial charge >= 0.3 is 0 Å². The van der Waals surface area contributed by atoms with Crippen LogP contribution < -0.4 is 5.32 Å². The van der Waals surface area contributed by atoms with Crippen LogP contribution in [-0.4, -0.2) is 22.0 Å². The smallest absolute Gasteiger partial charge is 0.155 e. The summed E-state index contributed by atoms with van der Waals surface area (Å²) in [5.74, 6) is 0.376. The van der Waals surface area contributed by atoms with Gasteiger partial charge in [0.25, 0.3) is 0 Å². The lowest BCUT2D eigenvalue weighted by Crippen LogP contribution is -1.97. The first-order valence-corrected chi connectivity index (χ1v) is 5.83. The molecule has 94 valence electrons. The highest BCUT2D eigenvalue weighted by Crippen LogP contribution is 2.23. The number of hydrogen-bond donors (Lipinski definition) is 1. The molecule has 4 nitrogen and oxygen atoms in total. The van der Waals surface area contributed by atoms with Crippen molar-refractivity contribution in [2.75, 3.05) is 12.4 Å². The van der Waals surface area contributed by atoms with Crippen LogP contribution in [0.1, 0.15) is 0 Å². The zero-order valence-electron chi connectivity index (χ0n) is 10.3. The zero-order valence-corrected chi connectivity index (χ0v) is 10.3. The molecule has 3 rings (SSSR count). The van der Waals surface area contributed by atoms with E-state index in [9.17, 15) is 4.39 Å². The molecule has 2 heterocycles. The summed E-state index contributed by atoms with van der Waals surface area (Å²) in [4.78, 5) is 12.8. The Morgan fingerprint density at radius 1 is 1.11 bits per heavy atom. The lowest BCUT2D eigenvalue weighted by molar-refractivity contribution is 0.628. The standard InChI is InChI=1S/C14H11FN4/c1-16-14-13-12(17-8-18-14)6-5-11(19-13)9-3-2-4-10(15)7-9/h2-8H,1H3,(H,16,17,18). The summed E-state index contributed by atoms with van der Waals surface area (Å²) in [6.07, 6.45) is 1.48. The van der Waals surface area contributed by atoms with Crippen LogP contribution in [0.15, 0.2) is 42.7 Å². The van der Waals surface area contributed by atoms with Gasteiger partial charge in [-0.05, 0) is 24.3 Å². The molecule has 0 fully saturated rings. The third-order valence-corrected chi connectivity index (χ3v) is 2.84. The van der Waals surface area contributed by atoms with E-state index in [2.05, 4.69) is 20.3 Å². The third-order valence-electron chi connectivity index (χ3n) is 2.84. The molecule has 0 atom stereocenters. The van der Waals surface area contributed by atoms with Gasteiger partial charge in [0.15, 0.2) is 5.82 Å². The molecule has 19 heavy (non-hydrogen) atoms. The van der Waals surface area contributed by atoms with Gasteiger partial charge in [-0.1, -0.05) is 12.1 Å². The summed E-state index contributed by atoms with van der Waals surface area (Å²) in [5.41, 5.74) is 2.84. The fourth-order valence-electron chi connectivity index (χ4n) is 1.93. The Morgan fingerprint density at radius 3 is 2.79 bits per heavy atom. The maximum absolute atomic E-state index is 13.2. The van der Waals surface area contributed by atoms with Gasteiger partial charge in [0.1, 0.15) is 17.7 Å². The van der Waals surface area contributed by atoms with Crippen molar-refractivity contribution in [1.82, 2.24) is 15.0 Å². The molecule has 3 aromatic rings. The fourth-order valence-corrected chi connectivity index (χ4v) is 1.93. The lowest BCUT2D eigenvalue weighted by atomic mass is 10.1. The molecule has 0 saturated heterocycles. The first-order valence-electron chi connectivity index (χ1n) is 5.83. The molecule has 0 aliphatic rings. The zero-order chi connectivity index (χ0) is 13.2. The minimum atomic E-state index is -0.280. The van der Waals surface area contributed by atoms with Gasteiger partial charge < -0.3 is 5.32 Å². The van der Waals surface area contributed by atoms with Crippen molar-refractivity contribution in [2.24, 2.45) is 0 Å². The van der Waals surface area contributed by atoms with E-state index in [0.29, 0.717) is 17.0 Å². The second kappa shape index (κ2) is 4.61. The third kappa shape index (κ3) is 2.10. The molecule has 0 unspecified atom stereocenters. The van der Waals surface area contributed by atoms with Crippen LogP contribution in [0.3, 0.4) is 0 Å². The van der Waals surface area contributed by atoms with E-state index in [1.54, 1.807) is 13.1 Å². The van der Waals surface area contributed by atoms with Crippen molar-refractivity contribution in [3.63, 3.8) is 0 Å². The summed E-state index contributed by atoms with van der Waals surface area (Å²) < 4.78 is 13.2. The molecule has 0 bridgehead atoms.